The molecule has 0 radical (unpaired) electrons. The molecule has 2 nitrogen and oxygen atoms in total. The number of benzene rings is 10. The molecule has 65 heavy (non-hydrogen) atoms. The molecule has 2 unspecified atom stereocenters. The average Bonchev–Trinajstić information content (AvgIpc) is 3.86. The van der Waals surface area contributed by atoms with Crippen molar-refractivity contribution in [3.05, 3.63) is 251 Å². The second kappa shape index (κ2) is 12.9. The lowest BCUT2D eigenvalue weighted by molar-refractivity contribution is 0.445. The molecule has 302 valence electrons. The highest BCUT2D eigenvalue weighted by molar-refractivity contribution is 6.11. The Kier molecular flexibility index (Phi) is 7.02. The van der Waals surface area contributed by atoms with Gasteiger partial charge < -0.3 is 9.30 Å². The summed E-state index contributed by atoms with van der Waals surface area (Å²) >= 11 is 0. The van der Waals surface area contributed by atoms with E-state index in [4.69, 9.17) is 4.74 Å². The Labute approximate surface area is 377 Å². The maximum absolute atomic E-state index is 6.89. The van der Waals surface area contributed by atoms with Crippen LogP contribution in [0.25, 0.3) is 88.8 Å². The minimum Gasteiger partial charge on any atom is -0.457 e. The van der Waals surface area contributed by atoms with Crippen LogP contribution < -0.4 is 4.74 Å². The molecular weight excluding hydrogens is 787 g/mol. The van der Waals surface area contributed by atoms with Crippen molar-refractivity contribution in [2.75, 3.05) is 0 Å². The zero-order valence-corrected chi connectivity index (χ0v) is 35.4. The van der Waals surface area contributed by atoms with Crippen LogP contribution in [-0.2, 0) is 5.41 Å². The summed E-state index contributed by atoms with van der Waals surface area (Å²) in [4.78, 5) is 0. The Bertz CT molecular complexity index is 3900. The second-order valence-electron chi connectivity index (χ2n) is 18.2. The normalized spacial score (nSPS) is 16.8. The Balaban J connectivity index is 0.890. The van der Waals surface area contributed by atoms with E-state index in [1.165, 1.54) is 122 Å². The van der Waals surface area contributed by atoms with Crippen LogP contribution in [0, 0.1) is 0 Å². The molecule has 0 N–H and O–H groups in total. The van der Waals surface area contributed by atoms with E-state index in [1.54, 1.807) is 0 Å². The van der Waals surface area contributed by atoms with Gasteiger partial charge in [0.1, 0.15) is 11.5 Å². The maximum Gasteiger partial charge on any atom is 0.131 e. The fourth-order valence-electron chi connectivity index (χ4n) is 12.6. The van der Waals surface area contributed by atoms with Gasteiger partial charge in [0.25, 0.3) is 0 Å². The summed E-state index contributed by atoms with van der Waals surface area (Å²) in [6.07, 6.45) is 5.63. The van der Waals surface area contributed by atoms with Crippen LogP contribution in [0.2, 0.25) is 0 Å². The molecule has 11 aromatic rings. The smallest absolute Gasteiger partial charge is 0.131 e. The van der Waals surface area contributed by atoms with E-state index in [1.807, 2.05) is 0 Å². The van der Waals surface area contributed by atoms with Gasteiger partial charge in [-0.05, 0) is 138 Å². The molecule has 0 amide bonds. The van der Waals surface area contributed by atoms with Gasteiger partial charge >= 0.3 is 0 Å². The van der Waals surface area contributed by atoms with Gasteiger partial charge in [-0.25, -0.2) is 0 Å². The number of fused-ring (bicyclic) bond motifs is 14. The van der Waals surface area contributed by atoms with Crippen molar-refractivity contribution in [3.8, 4) is 61.7 Å². The Morgan fingerprint density at radius 3 is 2.03 bits per heavy atom. The first-order chi connectivity index (χ1) is 32.3. The average molecular weight is 826 g/mol. The standard InChI is InChI=1S/C63H39NO/c1-2-16-41(17-3-1)64-56-29-9-6-19-45(56)50-36-39(30-33-57(50)64)42-32-35-59-62-46(42)23-12-24-48(62)51-37-40(31-34-58(51)65-59)43-21-13-28-55-61(43)49-20-5-8-26-53(49)63(55)52-25-7-4-18-44(52)47-22-10-14-38-15-11-27-54(63)60(38)47/h1-23,25-37,48H,24H2. The molecule has 2 atom stereocenters. The van der Waals surface area contributed by atoms with Gasteiger partial charge in [-0.15, -0.1) is 0 Å². The van der Waals surface area contributed by atoms with Gasteiger partial charge in [0.15, 0.2) is 0 Å². The highest BCUT2D eigenvalue weighted by Crippen LogP contribution is 2.63. The fourth-order valence-corrected chi connectivity index (χ4v) is 12.6. The van der Waals surface area contributed by atoms with Crippen molar-refractivity contribution in [3.63, 3.8) is 0 Å². The van der Waals surface area contributed by atoms with Gasteiger partial charge in [0, 0.05) is 33.5 Å². The Hall–Kier alpha value is -8.20. The molecule has 0 bridgehead atoms. The summed E-state index contributed by atoms with van der Waals surface area (Å²) in [6.45, 7) is 0. The van der Waals surface area contributed by atoms with Crippen molar-refractivity contribution in [2.45, 2.75) is 17.8 Å². The predicted molar refractivity (Wildman–Crippen MR) is 267 cm³/mol. The van der Waals surface area contributed by atoms with Gasteiger partial charge in [-0.2, -0.15) is 0 Å². The van der Waals surface area contributed by atoms with Crippen molar-refractivity contribution >= 4 is 38.7 Å². The quantitative estimate of drug-likeness (QED) is 0.173. The molecule has 10 aromatic carbocycles. The van der Waals surface area contributed by atoms with Crippen LogP contribution in [0.5, 0.6) is 11.5 Å². The summed E-state index contributed by atoms with van der Waals surface area (Å²) in [5.74, 6) is 2.08. The van der Waals surface area contributed by atoms with E-state index < -0.39 is 5.41 Å². The first-order valence-electron chi connectivity index (χ1n) is 22.9. The molecule has 1 aliphatic heterocycles. The van der Waals surface area contributed by atoms with Crippen LogP contribution in [-0.4, -0.2) is 4.57 Å². The summed E-state index contributed by atoms with van der Waals surface area (Å²) < 4.78 is 9.28. The van der Waals surface area contributed by atoms with Crippen molar-refractivity contribution in [1.82, 2.24) is 4.57 Å². The molecule has 0 saturated heterocycles. The first-order valence-corrected chi connectivity index (χ1v) is 22.9. The number of allylic oxidation sites excluding steroid dienone is 1. The van der Waals surface area contributed by atoms with Gasteiger partial charge in [0.2, 0.25) is 0 Å². The monoisotopic (exact) mass is 825 g/mol. The zero-order chi connectivity index (χ0) is 42.4. The maximum atomic E-state index is 6.89. The summed E-state index contributed by atoms with van der Waals surface area (Å²) in [5.41, 5.74) is 22.5. The number of nitrogens with zero attached hydrogens (tertiary/aromatic N) is 1. The lowest BCUT2D eigenvalue weighted by Crippen LogP contribution is -2.31. The van der Waals surface area contributed by atoms with E-state index in [0.29, 0.717) is 0 Å². The molecule has 1 spiro atoms. The Morgan fingerprint density at radius 1 is 0.462 bits per heavy atom. The third-order valence-corrected chi connectivity index (χ3v) is 15.2. The fraction of sp³-hybridized carbons (Fsp3) is 0.0476. The number of aromatic nitrogens is 1. The minimum atomic E-state index is -0.457. The third kappa shape index (κ3) is 4.58. The lowest BCUT2D eigenvalue weighted by atomic mass is 9.61. The number of para-hydroxylation sites is 2. The molecule has 0 fully saturated rings. The molecule has 4 aliphatic rings. The summed E-state index contributed by atoms with van der Waals surface area (Å²) in [5, 5.41) is 5.15. The second-order valence-corrected chi connectivity index (χ2v) is 18.2. The van der Waals surface area contributed by atoms with Gasteiger partial charge in [-0.1, -0.05) is 170 Å². The van der Waals surface area contributed by atoms with Crippen LogP contribution in [0.15, 0.2) is 212 Å². The number of hydrogen-bond acceptors (Lipinski definition) is 1. The van der Waals surface area contributed by atoms with Crippen molar-refractivity contribution < 1.29 is 4.74 Å². The van der Waals surface area contributed by atoms with E-state index in [2.05, 4.69) is 223 Å². The lowest BCUT2D eigenvalue weighted by Gasteiger charge is -2.40. The summed E-state index contributed by atoms with van der Waals surface area (Å²) in [6, 6.07) is 76.9. The zero-order valence-electron chi connectivity index (χ0n) is 35.4. The molecule has 0 saturated carbocycles. The SMILES string of the molecule is C1=Cc2c(-c3ccc4c(c3)c3ccccc3n4-c3ccccc3)ccc3c2C(C1)c1cc(-c2cccc4c2-c2ccccc2C42c4ccccc4-c4cccc5cccc2c45)ccc1O3. The van der Waals surface area contributed by atoms with Gasteiger partial charge in [0.05, 0.1) is 16.4 Å². The van der Waals surface area contributed by atoms with Crippen LogP contribution in [0.1, 0.15) is 51.3 Å². The Morgan fingerprint density at radius 2 is 1.12 bits per heavy atom. The van der Waals surface area contributed by atoms with E-state index in [0.717, 1.165) is 17.9 Å². The van der Waals surface area contributed by atoms with Crippen LogP contribution in [0.3, 0.4) is 0 Å². The highest BCUT2D eigenvalue weighted by atomic mass is 16.5. The molecule has 2 heterocycles. The largest absolute Gasteiger partial charge is 0.457 e. The van der Waals surface area contributed by atoms with Crippen molar-refractivity contribution in [2.24, 2.45) is 0 Å². The van der Waals surface area contributed by atoms with Crippen LogP contribution in [0.4, 0.5) is 0 Å². The van der Waals surface area contributed by atoms with Crippen LogP contribution >= 0.6 is 0 Å². The molecule has 3 aliphatic carbocycles. The number of hydrogen-bond donors (Lipinski definition) is 0. The molecule has 2 heteroatoms. The van der Waals surface area contributed by atoms with Crippen molar-refractivity contribution in [1.29, 1.82) is 0 Å². The number of ether oxygens (including phenoxy) is 1. The molecule has 1 aromatic heterocycles. The predicted octanol–water partition coefficient (Wildman–Crippen LogP) is 16.3. The first kappa shape index (κ1) is 35.3. The molecular formula is C63H39NO. The molecule has 15 rings (SSSR count). The summed E-state index contributed by atoms with van der Waals surface area (Å²) in [7, 11) is 0. The van der Waals surface area contributed by atoms with E-state index in [-0.39, 0.29) is 5.92 Å². The van der Waals surface area contributed by atoms with Gasteiger partial charge in [-0.3, -0.25) is 0 Å². The topological polar surface area (TPSA) is 14.2 Å². The highest BCUT2D eigenvalue weighted by Gasteiger charge is 2.50. The number of rotatable bonds is 3. The van der Waals surface area contributed by atoms with E-state index >= 15 is 0 Å². The third-order valence-electron chi connectivity index (χ3n) is 15.2. The van der Waals surface area contributed by atoms with E-state index in [9.17, 15) is 0 Å². The minimum absolute atomic E-state index is 0.173.